The Balaban J connectivity index is 1.55. The third-order valence-electron chi connectivity index (χ3n) is 4.14. The fourth-order valence-corrected chi connectivity index (χ4v) is 3.18. The monoisotopic (exact) mass is 386 g/mol. The van der Waals surface area contributed by atoms with Crippen LogP contribution in [0.3, 0.4) is 0 Å². The maximum atomic E-state index is 12.5. The predicted molar refractivity (Wildman–Crippen MR) is 98.2 cm³/mol. The van der Waals surface area contributed by atoms with E-state index in [1.54, 1.807) is 12.1 Å². The van der Waals surface area contributed by atoms with Gasteiger partial charge in [-0.1, -0.05) is 34.1 Å². The fourth-order valence-electron chi connectivity index (χ4n) is 2.91. The summed E-state index contributed by atoms with van der Waals surface area (Å²) >= 11 is 3.34. The first-order chi connectivity index (χ1) is 11.6. The molecule has 0 saturated heterocycles. The number of nitrogens with one attached hydrogen (secondary N) is 1. The van der Waals surface area contributed by atoms with Crippen molar-refractivity contribution in [2.45, 2.75) is 19.3 Å². The van der Waals surface area contributed by atoms with E-state index in [0.717, 1.165) is 29.5 Å². The minimum Gasteiger partial charge on any atom is -0.352 e. The fraction of sp³-hybridized carbons (Fsp3) is 0.263. The molecular weight excluding hydrogens is 368 g/mol. The molecule has 1 N–H and O–H groups in total. The number of anilines is 1. The number of carbonyl (C=O) groups is 2. The van der Waals surface area contributed by atoms with Gasteiger partial charge in [0.2, 0.25) is 5.91 Å². The molecule has 0 atom stereocenters. The molecule has 2 aromatic carbocycles. The summed E-state index contributed by atoms with van der Waals surface area (Å²) in [5.41, 5.74) is 2.82. The molecule has 0 fully saturated rings. The Bertz CT molecular complexity index is 743. The third kappa shape index (κ3) is 3.85. The van der Waals surface area contributed by atoms with Crippen molar-refractivity contribution < 1.29 is 9.59 Å². The van der Waals surface area contributed by atoms with E-state index in [1.165, 1.54) is 5.56 Å². The van der Waals surface area contributed by atoms with Crippen LogP contribution >= 0.6 is 15.9 Å². The van der Waals surface area contributed by atoms with E-state index >= 15 is 0 Å². The maximum Gasteiger partial charge on any atom is 0.251 e. The third-order valence-corrected chi connectivity index (χ3v) is 4.67. The van der Waals surface area contributed by atoms with E-state index < -0.39 is 0 Å². The first-order valence-electron chi connectivity index (χ1n) is 8.07. The topological polar surface area (TPSA) is 49.4 Å². The van der Waals surface area contributed by atoms with Gasteiger partial charge in [-0.3, -0.25) is 9.59 Å². The maximum absolute atomic E-state index is 12.5. The van der Waals surface area contributed by atoms with Crippen LogP contribution < -0.4 is 10.2 Å². The molecular formula is C19H19BrN2O2. The Morgan fingerprint density at radius 2 is 1.83 bits per heavy atom. The van der Waals surface area contributed by atoms with Crippen LogP contribution in [-0.2, 0) is 11.2 Å². The zero-order valence-corrected chi connectivity index (χ0v) is 14.9. The van der Waals surface area contributed by atoms with Gasteiger partial charge in [-0.2, -0.15) is 0 Å². The highest BCUT2D eigenvalue weighted by atomic mass is 79.9. The summed E-state index contributed by atoms with van der Waals surface area (Å²) in [6.45, 7) is 1.09. The molecule has 0 aliphatic carbocycles. The quantitative estimate of drug-likeness (QED) is 0.873. The molecule has 5 heteroatoms. The number of para-hydroxylation sites is 1. The minimum atomic E-state index is -0.158. The van der Waals surface area contributed by atoms with Gasteiger partial charge in [0.25, 0.3) is 5.91 Å². The molecule has 2 amide bonds. The summed E-state index contributed by atoms with van der Waals surface area (Å²) < 4.78 is 0.929. The molecule has 124 valence electrons. The molecule has 1 aliphatic heterocycles. The van der Waals surface area contributed by atoms with Crippen molar-refractivity contribution in [3.8, 4) is 0 Å². The van der Waals surface area contributed by atoms with Crippen molar-refractivity contribution in [3.63, 3.8) is 0 Å². The largest absolute Gasteiger partial charge is 0.352 e. The zero-order valence-electron chi connectivity index (χ0n) is 13.3. The Hall–Kier alpha value is -2.14. The van der Waals surface area contributed by atoms with E-state index in [0.29, 0.717) is 18.5 Å². The van der Waals surface area contributed by atoms with Crippen LogP contribution in [0.2, 0.25) is 0 Å². The first-order valence-corrected chi connectivity index (χ1v) is 8.86. The van der Waals surface area contributed by atoms with Gasteiger partial charge in [0, 0.05) is 35.2 Å². The number of aryl methyl sites for hydroxylation is 1. The lowest BCUT2D eigenvalue weighted by Crippen LogP contribution is -2.37. The second-order valence-electron chi connectivity index (χ2n) is 5.79. The average molecular weight is 387 g/mol. The van der Waals surface area contributed by atoms with Crippen LogP contribution in [0, 0.1) is 0 Å². The van der Waals surface area contributed by atoms with E-state index in [2.05, 4.69) is 27.3 Å². The average Bonchev–Trinajstić information content (AvgIpc) is 2.61. The number of carbonyl (C=O) groups excluding carboxylic acids is 2. The lowest BCUT2D eigenvalue weighted by molar-refractivity contribution is -0.118. The highest BCUT2D eigenvalue weighted by Gasteiger charge is 2.21. The van der Waals surface area contributed by atoms with E-state index in [9.17, 15) is 9.59 Å². The highest BCUT2D eigenvalue weighted by Crippen LogP contribution is 2.27. The van der Waals surface area contributed by atoms with Crippen LogP contribution in [0.15, 0.2) is 53.0 Å². The van der Waals surface area contributed by atoms with Crippen molar-refractivity contribution in [1.82, 2.24) is 5.32 Å². The summed E-state index contributed by atoms with van der Waals surface area (Å²) in [5, 5.41) is 2.81. The second-order valence-corrected chi connectivity index (χ2v) is 6.71. The number of fused-ring (bicyclic) bond motifs is 1. The molecule has 0 spiro atoms. The highest BCUT2D eigenvalue weighted by molar-refractivity contribution is 9.10. The number of rotatable bonds is 4. The minimum absolute atomic E-state index is 0.0539. The Morgan fingerprint density at radius 1 is 1.08 bits per heavy atom. The molecule has 24 heavy (non-hydrogen) atoms. The number of benzene rings is 2. The molecule has 0 saturated carbocycles. The summed E-state index contributed by atoms with van der Waals surface area (Å²) in [4.78, 5) is 26.4. The number of amides is 2. The molecule has 0 radical (unpaired) electrons. The molecule has 2 aromatic rings. The Kier molecular flexibility index (Phi) is 5.30. The van der Waals surface area contributed by atoms with Crippen molar-refractivity contribution in [2.24, 2.45) is 0 Å². The molecule has 1 heterocycles. The van der Waals surface area contributed by atoms with Gasteiger partial charge in [0.15, 0.2) is 0 Å². The molecule has 0 bridgehead atoms. The lowest BCUT2D eigenvalue weighted by atomic mass is 10.0. The summed E-state index contributed by atoms with van der Waals surface area (Å²) in [6, 6.07) is 15.2. The van der Waals surface area contributed by atoms with Crippen LogP contribution in [0.25, 0.3) is 0 Å². The predicted octanol–water partition coefficient (Wildman–Crippen LogP) is 3.55. The van der Waals surface area contributed by atoms with Gasteiger partial charge in [-0.05, 0) is 48.7 Å². The number of hydrogen-bond acceptors (Lipinski definition) is 2. The van der Waals surface area contributed by atoms with Gasteiger partial charge in [-0.25, -0.2) is 0 Å². The molecule has 1 aliphatic rings. The van der Waals surface area contributed by atoms with Gasteiger partial charge in [0.1, 0.15) is 0 Å². The van der Waals surface area contributed by atoms with Gasteiger partial charge in [-0.15, -0.1) is 0 Å². The van der Waals surface area contributed by atoms with Crippen molar-refractivity contribution >= 4 is 33.4 Å². The molecule has 3 rings (SSSR count). The van der Waals surface area contributed by atoms with Gasteiger partial charge >= 0.3 is 0 Å². The Labute approximate surface area is 150 Å². The number of hydrogen-bond donors (Lipinski definition) is 1. The number of halogens is 1. The standard InChI is InChI=1S/C19H19BrN2O2/c20-16-9-7-15(8-10-16)19(24)21-12-11-18(23)22-13-3-5-14-4-1-2-6-17(14)22/h1-2,4,6-10H,3,5,11-13H2,(H,21,24). The lowest BCUT2D eigenvalue weighted by Gasteiger charge is -2.29. The normalized spacial score (nSPS) is 13.3. The Morgan fingerprint density at radius 3 is 2.62 bits per heavy atom. The van der Waals surface area contributed by atoms with Gasteiger partial charge in [0.05, 0.1) is 0 Å². The molecule has 0 unspecified atom stereocenters. The SMILES string of the molecule is O=C(NCCC(=O)N1CCCc2ccccc21)c1ccc(Br)cc1. The van der Waals surface area contributed by atoms with E-state index in [1.807, 2.05) is 35.2 Å². The van der Waals surface area contributed by atoms with Crippen LogP contribution in [-0.4, -0.2) is 24.9 Å². The number of nitrogens with zero attached hydrogens (tertiary/aromatic N) is 1. The first kappa shape index (κ1) is 16.7. The zero-order chi connectivity index (χ0) is 16.9. The summed E-state index contributed by atoms with van der Waals surface area (Å²) in [7, 11) is 0. The van der Waals surface area contributed by atoms with Gasteiger partial charge < -0.3 is 10.2 Å². The van der Waals surface area contributed by atoms with Crippen LogP contribution in [0.5, 0.6) is 0 Å². The van der Waals surface area contributed by atoms with Crippen LogP contribution in [0.1, 0.15) is 28.8 Å². The van der Waals surface area contributed by atoms with Crippen molar-refractivity contribution in [3.05, 3.63) is 64.1 Å². The van der Waals surface area contributed by atoms with E-state index in [4.69, 9.17) is 0 Å². The molecule has 4 nitrogen and oxygen atoms in total. The van der Waals surface area contributed by atoms with E-state index in [-0.39, 0.29) is 11.8 Å². The molecule has 0 aromatic heterocycles. The summed E-state index contributed by atoms with van der Waals surface area (Å²) in [5.74, 6) is -0.104. The smallest absolute Gasteiger partial charge is 0.251 e. The van der Waals surface area contributed by atoms with Crippen molar-refractivity contribution in [1.29, 1.82) is 0 Å². The van der Waals surface area contributed by atoms with Crippen LogP contribution in [0.4, 0.5) is 5.69 Å². The van der Waals surface area contributed by atoms with Crippen molar-refractivity contribution in [2.75, 3.05) is 18.0 Å². The second kappa shape index (κ2) is 7.62. The summed E-state index contributed by atoms with van der Waals surface area (Å²) in [6.07, 6.45) is 2.30.